The van der Waals surface area contributed by atoms with Crippen molar-refractivity contribution in [2.75, 3.05) is 43.2 Å². The van der Waals surface area contributed by atoms with Crippen LogP contribution >= 0.6 is 11.8 Å². The smallest absolute Gasteiger partial charge is 0.251 e. The number of para-hydroxylation sites is 1. The Balaban J connectivity index is 1.55. The summed E-state index contributed by atoms with van der Waals surface area (Å²) in [5, 5.41) is 9.20. The van der Waals surface area contributed by atoms with Crippen LogP contribution in [0.1, 0.15) is 39.0 Å². The van der Waals surface area contributed by atoms with Gasteiger partial charge in [0.1, 0.15) is 11.8 Å². The minimum atomic E-state index is -0.729. The molecule has 2 aromatic rings. The number of unbranched alkanes of at least 4 members (excludes halogenated alkanes) is 3. The van der Waals surface area contributed by atoms with Crippen LogP contribution in [0, 0.1) is 17.8 Å². The van der Waals surface area contributed by atoms with Gasteiger partial charge < -0.3 is 24.5 Å². The van der Waals surface area contributed by atoms with Gasteiger partial charge in [0.25, 0.3) is 5.91 Å². The molecular formula is C36H45N3O5S. The number of aliphatic hydroxyl groups is 1. The van der Waals surface area contributed by atoms with Crippen LogP contribution in [0.2, 0.25) is 0 Å². The minimum Gasteiger partial charge on any atom is -0.497 e. The second-order valence-corrected chi connectivity index (χ2v) is 13.8. The van der Waals surface area contributed by atoms with Gasteiger partial charge in [0.05, 0.1) is 23.7 Å². The Kier molecular flexibility index (Phi) is 10.4. The van der Waals surface area contributed by atoms with Gasteiger partial charge in [0.2, 0.25) is 11.8 Å². The predicted octanol–water partition coefficient (Wildman–Crippen LogP) is 5.32. The molecule has 240 valence electrons. The van der Waals surface area contributed by atoms with Crippen molar-refractivity contribution in [1.29, 1.82) is 0 Å². The number of thioether (sulfide) groups is 1. The molecule has 3 unspecified atom stereocenters. The van der Waals surface area contributed by atoms with Crippen molar-refractivity contribution in [3.63, 3.8) is 0 Å². The highest BCUT2D eigenvalue weighted by atomic mass is 32.2. The van der Waals surface area contributed by atoms with Gasteiger partial charge in [-0.05, 0) is 61.6 Å². The van der Waals surface area contributed by atoms with Gasteiger partial charge in [-0.1, -0.05) is 50.1 Å². The number of ether oxygens (including phenoxy) is 1. The van der Waals surface area contributed by atoms with Gasteiger partial charge in [-0.2, -0.15) is 0 Å². The monoisotopic (exact) mass is 631 g/mol. The molecule has 3 heterocycles. The number of benzene rings is 2. The van der Waals surface area contributed by atoms with Crippen molar-refractivity contribution < 1.29 is 24.2 Å². The van der Waals surface area contributed by atoms with Crippen LogP contribution < -0.4 is 14.5 Å². The molecule has 8 nitrogen and oxygen atoms in total. The number of carbonyl (C=O) groups is 3. The first-order valence-corrected chi connectivity index (χ1v) is 16.8. The number of anilines is 2. The molecule has 3 saturated heterocycles. The second-order valence-electron chi connectivity index (χ2n) is 12.2. The Morgan fingerprint density at radius 1 is 0.978 bits per heavy atom. The van der Waals surface area contributed by atoms with E-state index < -0.39 is 22.6 Å². The van der Waals surface area contributed by atoms with Crippen LogP contribution in [0.4, 0.5) is 11.4 Å². The van der Waals surface area contributed by atoms with E-state index in [-0.39, 0.29) is 42.0 Å². The fourth-order valence-electron chi connectivity index (χ4n) is 7.67. The molecule has 0 aliphatic carbocycles. The number of methoxy groups -OCH3 is 1. The molecule has 2 aromatic carbocycles. The first-order chi connectivity index (χ1) is 21.8. The highest BCUT2D eigenvalue weighted by Gasteiger charge is 2.76. The Labute approximate surface area is 271 Å². The lowest BCUT2D eigenvalue weighted by atomic mass is 9.65. The van der Waals surface area contributed by atoms with Gasteiger partial charge in [-0.15, -0.1) is 24.9 Å². The number of hydrogen-bond donors (Lipinski definition) is 1. The van der Waals surface area contributed by atoms with E-state index in [1.54, 1.807) is 45.7 Å². The van der Waals surface area contributed by atoms with E-state index in [0.29, 0.717) is 30.9 Å². The van der Waals surface area contributed by atoms with Crippen LogP contribution in [-0.2, 0) is 14.4 Å². The second kappa shape index (κ2) is 14.3. The van der Waals surface area contributed by atoms with Crippen LogP contribution in [-0.4, -0.2) is 77.1 Å². The zero-order chi connectivity index (χ0) is 32.1. The van der Waals surface area contributed by atoms with Gasteiger partial charge >= 0.3 is 0 Å². The zero-order valence-electron chi connectivity index (χ0n) is 26.3. The summed E-state index contributed by atoms with van der Waals surface area (Å²) in [6, 6.07) is 16.2. The molecule has 5 rings (SSSR count). The molecule has 0 saturated carbocycles. The molecule has 3 aliphatic rings. The van der Waals surface area contributed by atoms with Gasteiger partial charge in [0.15, 0.2) is 0 Å². The van der Waals surface area contributed by atoms with Crippen molar-refractivity contribution in [1.82, 2.24) is 4.90 Å². The third kappa shape index (κ3) is 5.92. The van der Waals surface area contributed by atoms with E-state index in [1.807, 2.05) is 54.6 Å². The molecule has 3 aliphatic heterocycles. The number of likely N-dealkylation sites (tertiary alicyclic amines) is 1. The van der Waals surface area contributed by atoms with E-state index in [9.17, 15) is 19.5 Å². The highest BCUT2D eigenvalue weighted by molar-refractivity contribution is 8.02. The fourth-order valence-corrected chi connectivity index (χ4v) is 10.1. The van der Waals surface area contributed by atoms with Crippen LogP contribution in [0.15, 0.2) is 79.9 Å². The standard InChI is InChI=1S/C36H45N3O5S/c1-5-20-37(26-14-10-9-11-15-26)33(41)30-29-24-25(3)36(45-29)31(30)34(42)39(22-12-7-8-13-23-40)32(36)35(43)38(21-6-2)27-16-18-28(44-4)19-17-27/h5-6,9-11,14-19,25,29-32,40H,1-2,7-8,12-13,20-24H2,3-4H3/t25?,29-,30+,31-,32?,36?/m0/s1. The van der Waals surface area contributed by atoms with Crippen LogP contribution in [0.25, 0.3) is 0 Å². The number of nitrogens with zero attached hydrogens (tertiary/aromatic N) is 3. The summed E-state index contributed by atoms with van der Waals surface area (Å²) in [4.78, 5) is 49.3. The van der Waals surface area contributed by atoms with E-state index in [2.05, 4.69) is 20.1 Å². The molecule has 9 heteroatoms. The molecular weight excluding hydrogens is 586 g/mol. The molecule has 0 aromatic heterocycles. The quantitative estimate of drug-likeness (QED) is 0.211. The Bertz CT molecular complexity index is 1380. The molecule has 1 N–H and O–H groups in total. The summed E-state index contributed by atoms with van der Waals surface area (Å²) >= 11 is 1.69. The Hall–Kier alpha value is -3.56. The Morgan fingerprint density at radius 3 is 2.22 bits per heavy atom. The summed E-state index contributed by atoms with van der Waals surface area (Å²) in [6.45, 7) is 11.1. The summed E-state index contributed by atoms with van der Waals surface area (Å²) in [7, 11) is 1.60. The lowest BCUT2D eigenvalue weighted by Gasteiger charge is -2.41. The molecule has 3 amide bonds. The zero-order valence-corrected chi connectivity index (χ0v) is 27.2. The van der Waals surface area contributed by atoms with E-state index in [4.69, 9.17) is 4.74 Å². The molecule has 1 spiro atoms. The first-order valence-electron chi connectivity index (χ1n) is 16.0. The summed E-state index contributed by atoms with van der Waals surface area (Å²) in [5.74, 6) is -0.730. The molecule has 6 atom stereocenters. The third-order valence-corrected chi connectivity index (χ3v) is 11.8. The van der Waals surface area contributed by atoms with Crippen LogP contribution in [0.3, 0.4) is 0 Å². The maximum atomic E-state index is 14.9. The first kappa shape index (κ1) is 32.8. The highest BCUT2D eigenvalue weighted by Crippen LogP contribution is 2.69. The maximum Gasteiger partial charge on any atom is 0.251 e. The number of aliphatic hydroxyl groups excluding tert-OH is 1. The molecule has 0 radical (unpaired) electrons. The molecule has 45 heavy (non-hydrogen) atoms. The van der Waals surface area contributed by atoms with Crippen molar-refractivity contribution >= 4 is 40.9 Å². The largest absolute Gasteiger partial charge is 0.497 e. The maximum absolute atomic E-state index is 14.9. The lowest BCUT2D eigenvalue weighted by Crippen LogP contribution is -2.57. The molecule has 3 fully saturated rings. The van der Waals surface area contributed by atoms with Crippen molar-refractivity contribution in [3.05, 3.63) is 79.9 Å². The number of hydrogen-bond acceptors (Lipinski definition) is 6. The SMILES string of the molecule is C=CCN(C(=O)C1N(CCCCCCO)C(=O)[C@@H]2[C@H](C(=O)N(CC=C)c3ccccc3)[C@@H]3CC(C)C12S3)c1ccc(OC)cc1. The lowest BCUT2D eigenvalue weighted by molar-refractivity contribution is -0.139. The van der Waals surface area contributed by atoms with Gasteiger partial charge in [-0.25, -0.2) is 0 Å². The molecule has 2 bridgehead atoms. The van der Waals surface area contributed by atoms with Gasteiger partial charge in [0, 0.05) is 42.9 Å². The number of rotatable bonds is 15. The number of amides is 3. The van der Waals surface area contributed by atoms with Gasteiger partial charge in [-0.3, -0.25) is 14.4 Å². The topological polar surface area (TPSA) is 90.4 Å². The minimum absolute atomic E-state index is 0.0601. The summed E-state index contributed by atoms with van der Waals surface area (Å²) in [6.07, 6.45) is 7.30. The van der Waals surface area contributed by atoms with E-state index in [0.717, 1.165) is 31.4 Å². The Morgan fingerprint density at radius 2 is 1.60 bits per heavy atom. The van der Waals surface area contributed by atoms with E-state index >= 15 is 0 Å². The van der Waals surface area contributed by atoms with Crippen molar-refractivity contribution in [2.24, 2.45) is 17.8 Å². The summed E-state index contributed by atoms with van der Waals surface area (Å²) in [5.41, 5.74) is 1.47. The number of fused-ring (bicyclic) bond motifs is 1. The average Bonchev–Trinajstić information content (AvgIpc) is 3.65. The van der Waals surface area contributed by atoms with Crippen molar-refractivity contribution in [2.45, 2.75) is 55.1 Å². The summed E-state index contributed by atoms with van der Waals surface area (Å²) < 4.78 is 4.62. The average molecular weight is 632 g/mol. The number of carbonyl (C=O) groups excluding carboxylic acids is 3. The van der Waals surface area contributed by atoms with Crippen LogP contribution in [0.5, 0.6) is 5.75 Å². The van der Waals surface area contributed by atoms with Crippen molar-refractivity contribution in [3.8, 4) is 5.75 Å². The normalized spacial score (nSPS) is 26.4. The van der Waals surface area contributed by atoms with E-state index in [1.165, 1.54) is 0 Å². The third-order valence-electron chi connectivity index (χ3n) is 9.68. The predicted molar refractivity (Wildman–Crippen MR) is 180 cm³/mol. The fraction of sp³-hybridized carbons (Fsp3) is 0.472.